The molecular weight excluding hydrogens is 424 g/mol. The van der Waals surface area contributed by atoms with E-state index in [0.717, 1.165) is 17.1 Å². The molecule has 0 saturated heterocycles. The first-order valence-corrected chi connectivity index (χ1v) is 12.0. The standard InChI is InChI=1S/C25H28N2O4S/c1-3-10-20(2)26-25(28)19-27(32(29,30)24-13-8-5-9-14-24)21-15-17-23(18-16-21)31-22-11-6-4-7-12-22/h4-9,11-18,20H,3,10,19H2,1-2H3,(H,26,28)/t20-/m0/s1. The topological polar surface area (TPSA) is 75.7 Å². The molecule has 0 spiro atoms. The first-order chi connectivity index (χ1) is 15.4. The number of hydrogen-bond donors (Lipinski definition) is 1. The van der Waals surface area contributed by atoms with Crippen LogP contribution >= 0.6 is 0 Å². The smallest absolute Gasteiger partial charge is 0.264 e. The highest BCUT2D eigenvalue weighted by molar-refractivity contribution is 7.92. The Morgan fingerprint density at radius 2 is 1.47 bits per heavy atom. The van der Waals surface area contributed by atoms with E-state index in [2.05, 4.69) is 5.32 Å². The summed E-state index contributed by atoms with van der Waals surface area (Å²) in [6.07, 6.45) is 1.75. The molecule has 0 heterocycles. The number of hydrogen-bond acceptors (Lipinski definition) is 4. The van der Waals surface area contributed by atoms with Gasteiger partial charge in [-0.3, -0.25) is 9.10 Å². The minimum atomic E-state index is -3.94. The minimum Gasteiger partial charge on any atom is -0.457 e. The second-order valence-corrected chi connectivity index (χ2v) is 9.35. The average Bonchev–Trinajstić information content (AvgIpc) is 2.79. The summed E-state index contributed by atoms with van der Waals surface area (Å²) in [6, 6.07) is 24.0. The quantitative estimate of drug-likeness (QED) is 0.471. The monoisotopic (exact) mass is 452 g/mol. The first kappa shape index (κ1) is 23.3. The Morgan fingerprint density at radius 1 is 0.906 bits per heavy atom. The van der Waals surface area contributed by atoms with Crippen LogP contribution in [0.25, 0.3) is 0 Å². The van der Waals surface area contributed by atoms with E-state index >= 15 is 0 Å². The Hall–Kier alpha value is -3.32. The van der Waals surface area contributed by atoms with Gasteiger partial charge in [0.2, 0.25) is 5.91 Å². The van der Waals surface area contributed by atoms with Crippen molar-refractivity contribution in [2.45, 2.75) is 37.6 Å². The fraction of sp³-hybridized carbons (Fsp3) is 0.240. The van der Waals surface area contributed by atoms with Gasteiger partial charge in [0.05, 0.1) is 10.6 Å². The van der Waals surface area contributed by atoms with Gasteiger partial charge in [-0.25, -0.2) is 8.42 Å². The first-order valence-electron chi connectivity index (χ1n) is 10.6. The van der Waals surface area contributed by atoms with Crippen LogP contribution in [0.3, 0.4) is 0 Å². The molecular formula is C25H28N2O4S. The molecule has 0 saturated carbocycles. The predicted octanol–water partition coefficient (Wildman–Crippen LogP) is 4.98. The third-order valence-corrected chi connectivity index (χ3v) is 6.64. The van der Waals surface area contributed by atoms with Crippen molar-refractivity contribution in [1.82, 2.24) is 5.32 Å². The molecule has 1 N–H and O–H groups in total. The molecule has 6 nitrogen and oxygen atoms in total. The molecule has 0 unspecified atom stereocenters. The van der Waals surface area contributed by atoms with E-state index in [1.165, 1.54) is 12.1 Å². The molecule has 0 aliphatic heterocycles. The number of carbonyl (C=O) groups is 1. The van der Waals surface area contributed by atoms with Crippen molar-refractivity contribution < 1.29 is 17.9 Å². The summed E-state index contributed by atoms with van der Waals surface area (Å²) in [5, 5.41) is 2.88. The van der Waals surface area contributed by atoms with Crippen LogP contribution in [0.1, 0.15) is 26.7 Å². The van der Waals surface area contributed by atoms with Crippen molar-refractivity contribution in [3.8, 4) is 11.5 Å². The summed E-state index contributed by atoms with van der Waals surface area (Å²) in [5.74, 6) is 0.895. The number of anilines is 1. The van der Waals surface area contributed by atoms with Crippen LogP contribution in [0.5, 0.6) is 11.5 Å². The van der Waals surface area contributed by atoms with E-state index in [1.807, 2.05) is 44.2 Å². The SMILES string of the molecule is CCC[C@H](C)NC(=O)CN(c1ccc(Oc2ccccc2)cc1)S(=O)(=O)c1ccccc1. The van der Waals surface area contributed by atoms with Crippen molar-refractivity contribution in [3.63, 3.8) is 0 Å². The number of amides is 1. The Bertz CT molecular complexity index is 1100. The number of benzene rings is 3. The van der Waals surface area contributed by atoms with Crippen LogP contribution in [-0.4, -0.2) is 26.9 Å². The van der Waals surface area contributed by atoms with E-state index in [4.69, 9.17) is 4.74 Å². The van der Waals surface area contributed by atoms with Crippen molar-refractivity contribution in [3.05, 3.63) is 84.9 Å². The summed E-state index contributed by atoms with van der Waals surface area (Å²) in [4.78, 5) is 12.8. The molecule has 32 heavy (non-hydrogen) atoms. The van der Waals surface area contributed by atoms with Gasteiger partial charge in [0.25, 0.3) is 10.0 Å². The number of carbonyl (C=O) groups excluding carboxylic acids is 1. The van der Waals surface area contributed by atoms with Crippen LogP contribution in [0.15, 0.2) is 89.8 Å². The number of nitrogens with zero attached hydrogens (tertiary/aromatic N) is 1. The molecule has 7 heteroatoms. The highest BCUT2D eigenvalue weighted by Crippen LogP contribution is 2.28. The molecule has 1 atom stereocenters. The molecule has 1 amide bonds. The Labute approximate surface area is 189 Å². The van der Waals surface area contributed by atoms with Crippen molar-refractivity contribution in [2.75, 3.05) is 10.8 Å². The second kappa shape index (κ2) is 10.8. The van der Waals surface area contributed by atoms with Crippen LogP contribution in [0, 0.1) is 0 Å². The van der Waals surface area contributed by atoms with E-state index < -0.39 is 10.0 Å². The lowest BCUT2D eigenvalue weighted by molar-refractivity contribution is -0.120. The van der Waals surface area contributed by atoms with Gasteiger partial charge in [0.1, 0.15) is 18.0 Å². The van der Waals surface area contributed by atoms with Crippen molar-refractivity contribution >= 4 is 21.6 Å². The summed E-state index contributed by atoms with van der Waals surface area (Å²) in [5.41, 5.74) is 0.382. The van der Waals surface area contributed by atoms with Crippen molar-refractivity contribution in [1.29, 1.82) is 0 Å². The second-order valence-electron chi connectivity index (χ2n) is 7.49. The maximum Gasteiger partial charge on any atom is 0.264 e. The highest BCUT2D eigenvalue weighted by atomic mass is 32.2. The van der Waals surface area contributed by atoms with Gasteiger partial charge < -0.3 is 10.1 Å². The average molecular weight is 453 g/mol. The molecule has 0 aromatic heterocycles. The Balaban J connectivity index is 1.87. The van der Waals surface area contributed by atoms with E-state index in [9.17, 15) is 13.2 Å². The third kappa shape index (κ3) is 6.11. The maximum atomic E-state index is 13.4. The molecule has 0 bridgehead atoms. The molecule has 168 valence electrons. The normalized spacial score (nSPS) is 12.1. The number of para-hydroxylation sites is 1. The molecule has 0 aliphatic carbocycles. The predicted molar refractivity (Wildman–Crippen MR) is 126 cm³/mol. The molecule has 0 fully saturated rings. The summed E-state index contributed by atoms with van der Waals surface area (Å²) in [6.45, 7) is 3.63. The largest absolute Gasteiger partial charge is 0.457 e. The zero-order valence-corrected chi connectivity index (χ0v) is 19.1. The lowest BCUT2D eigenvalue weighted by atomic mass is 10.2. The number of rotatable bonds is 10. The van der Waals surface area contributed by atoms with Gasteiger partial charge >= 0.3 is 0 Å². The van der Waals surface area contributed by atoms with Gasteiger partial charge in [-0.2, -0.15) is 0 Å². The van der Waals surface area contributed by atoms with Gasteiger partial charge in [-0.15, -0.1) is 0 Å². The van der Waals surface area contributed by atoms with Crippen LogP contribution < -0.4 is 14.4 Å². The summed E-state index contributed by atoms with van der Waals surface area (Å²) in [7, 11) is -3.94. The zero-order chi connectivity index (χ0) is 23.0. The Kier molecular flexibility index (Phi) is 7.89. The minimum absolute atomic E-state index is 0.0320. The van der Waals surface area contributed by atoms with Crippen LogP contribution in [0.4, 0.5) is 5.69 Å². The van der Waals surface area contributed by atoms with Gasteiger partial charge in [-0.1, -0.05) is 49.7 Å². The van der Waals surface area contributed by atoms with Gasteiger partial charge in [0, 0.05) is 6.04 Å². The molecule has 3 aromatic carbocycles. The van der Waals surface area contributed by atoms with E-state index in [0.29, 0.717) is 17.2 Å². The van der Waals surface area contributed by atoms with Crippen molar-refractivity contribution in [2.24, 2.45) is 0 Å². The Morgan fingerprint density at radius 3 is 2.06 bits per heavy atom. The van der Waals surface area contributed by atoms with E-state index in [1.54, 1.807) is 42.5 Å². The van der Waals surface area contributed by atoms with Gasteiger partial charge in [-0.05, 0) is 61.9 Å². The third-order valence-electron chi connectivity index (χ3n) is 4.85. The maximum absolute atomic E-state index is 13.4. The number of ether oxygens (including phenoxy) is 1. The molecule has 0 aliphatic rings. The highest BCUT2D eigenvalue weighted by Gasteiger charge is 2.27. The lowest BCUT2D eigenvalue weighted by Gasteiger charge is -2.25. The van der Waals surface area contributed by atoms with E-state index in [-0.39, 0.29) is 23.4 Å². The van der Waals surface area contributed by atoms with Gasteiger partial charge in [0.15, 0.2) is 0 Å². The van der Waals surface area contributed by atoms with Crippen LogP contribution in [-0.2, 0) is 14.8 Å². The number of nitrogens with one attached hydrogen (secondary N) is 1. The molecule has 0 radical (unpaired) electrons. The zero-order valence-electron chi connectivity index (χ0n) is 18.3. The lowest BCUT2D eigenvalue weighted by Crippen LogP contribution is -2.43. The molecule has 3 aromatic rings. The summed E-state index contributed by atoms with van der Waals surface area (Å²) >= 11 is 0. The number of sulfonamides is 1. The fourth-order valence-electron chi connectivity index (χ4n) is 3.30. The molecule has 3 rings (SSSR count). The summed E-state index contributed by atoms with van der Waals surface area (Å²) < 4.78 is 33.7. The fourth-order valence-corrected chi connectivity index (χ4v) is 4.74. The van der Waals surface area contributed by atoms with Crippen LogP contribution in [0.2, 0.25) is 0 Å².